The summed E-state index contributed by atoms with van der Waals surface area (Å²) < 4.78 is 3.64. The Hall–Kier alpha value is -0.990. The van der Waals surface area contributed by atoms with E-state index in [1.165, 1.54) is 37.1 Å². The predicted molar refractivity (Wildman–Crippen MR) is 56.5 cm³/mol. The first-order valence-corrected chi connectivity index (χ1v) is 5.45. The van der Waals surface area contributed by atoms with Gasteiger partial charge in [0.1, 0.15) is 0 Å². The van der Waals surface area contributed by atoms with Gasteiger partial charge in [-0.3, -0.25) is 9.13 Å². The normalized spacial score (nSPS) is 17.3. The molecule has 14 heavy (non-hydrogen) atoms. The van der Waals surface area contributed by atoms with Gasteiger partial charge in [-0.15, -0.1) is 0 Å². The third kappa shape index (κ3) is 1.41. The number of imidazole rings is 1. The fourth-order valence-corrected chi connectivity index (χ4v) is 2.41. The van der Waals surface area contributed by atoms with Crippen LogP contribution in [0.4, 0.5) is 0 Å². The maximum atomic E-state index is 11.7. The lowest BCUT2D eigenvalue weighted by molar-refractivity contribution is 0.590. The second kappa shape index (κ2) is 3.64. The van der Waals surface area contributed by atoms with E-state index in [0.717, 1.165) is 12.8 Å². The number of hydrogen-bond donors (Lipinski definition) is 0. The zero-order valence-corrected chi connectivity index (χ0v) is 9.05. The van der Waals surface area contributed by atoms with Gasteiger partial charge in [-0.25, -0.2) is 4.79 Å². The van der Waals surface area contributed by atoms with Crippen molar-refractivity contribution in [3.8, 4) is 0 Å². The Morgan fingerprint density at radius 1 is 0.857 bits per heavy atom. The van der Waals surface area contributed by atoms with Crippen molar-refractivity contribution in [3.63, 3.8) is 0 Å². The molecular formula is C11H18N2O. The highest BCUT2D eigenvalue weighted by Crippen LogP contribution is 2.18. The van der Waals surface area contributed by atoms with Crippen molar-refractivity contribution in [3.05, 3.63) is 21.9 Å². The van der Waals surface area contributed by atoms with Gasteiger partial charge < -0.3 is 0 Å². The van der Waals surface area contributed by atoms with Crippen LogP contribution in [0.25, 0.3) is 0 Å². The summed E-state index contributed by atoms with van der Waals surface area (Å²) in [5, 5.41) is 0. The molecule has 0 saturated heterocycles. The van der Waals surface area contributed by atoms with Crippen molar-refractivity contribution in [2.24, 2.45) is 14.1 Å². The summed E-state index contributed by atoms with van der Waals surface area (Å²) in [6, 6.07) is 0. The van der Waals surface area contributed by atoms with Crippen LogP contribution in [-0.2, 0) is 26.9 Å². The van der Waals surface area contributed by atoms with Crippen molar-refractivity contribution < 1.29 is 0 Å². The fraction of sp³-hybridized carbons (Fsp3) is 0.727. The third-order valence-electron chi connectivity index (χ3n) is 3.29. The van der Waals surface area contributed by atoms with Gasteiger partial charge >= 0.3 is 5.69 Å². The van der Waals surface area contributed by atoms with E-state index in [-0.39, 0.29) is 5.69 Å². The van der Waals surface area contributed by atoms with Crippen LogP contribution < -0.4 is 5.69 Å². The van der Waals surface area contributed by atoms with E-state index in [1.54, 1.807) is 0 Å². The monoisotopic (exact) mass is 194 g/mol. The molecule has 0 atom stereocenters. The van der Waals surface area contributed by atoms with Gasteiger partial charge in [0.2, 0.25) is 0 Å². The van der Waals surface area contributed by atoms with Crippen LogP contribution in [0.5, 0.6) is 0 Å². The summed E-state index contributed by atoms with van der Waals surface area (Å²) in [6.45, 7) is 0. The maximum Gasteiger partial charge on any atom is 0.328 e. The highest BCUT2D eigenvalue weighted by atomic mass is 16.1. The Morgan fingerprint density at radius 2 is 1.29 bits per heavy atom. The highest BCUT2D eigenvalue weighted by Gasteiger charge is 2.15. The molecule has 0 bridgehead atoms. The minimum Gasteiger partial charge on any atom is -0.299 e. The SMILES string of the molecule is Cn1c2c(n(C)c1=O)CCCCCC2. The second-order valence-corrected chi connectivity index (χ2v) is 4.21. The molecule has 0 fully saturated rings. The van der Waals surface area contributed by atoms with Crippen molar-refractivity contribution in [1.82, 2.24) is 9.13 Å². The molecule has 3 heteroatoms. The molecule has 1 aliphatic rings. The molecule has 0 N–H and O–H groups in total. The standard InChI is InChI=1S/C11H18N2O/c1-12-9-7-5-3-4-6-8-10(9)13(2)11(12)14/h3-8H2,1-2H3. The minimum atomic E-state index is 0.136. The van der Waals surface area contributed by atoms with E-state index < -0.39 is 0 Å². The zero-order valence-electron chi connectivity index (χ0n) is 9.05. The summed E-state index contributed by atoms with van der Waals surface area (Å²) in [5.74, 6) is 0. The molecule has 1 heterocycles. The Bertz CT molecular complexity index is 352. The molecule has 0 aromatic carbocycles. The van der Waals surface area contributed by atoms with E-state index in [2.05, 4.69) is 0 Å². The summed E-state index contributed by atoms with van der Waals surface area (Å²) in [5.41, 5.74) is 2.66. The lowest BCUT2D eigenvalue weighted by Crippen LogP contribution is -2.20. The largest absolute Gasteiger partial charge is 0.328 e. The smallest absolute Gasteiger partial charge is 0.299 e. The number of fused-ring (bicyclic) bond motifs is 1. The molecule has 78 valence electrons. The average Bonchev–Trinajstić information content (AvgIpc) is 2.31. The number of aromatic nitrogens is 2. The van der Waals surface area contributed by atoms with E-state index in [0.29, 0.717) is 0 Å². The van der Waals surface area contributed by atoms with Gasteiger partial charge in [0.05, 0.1) is 0 Å². The van der Waals surface area contributed by atoms with Gasteiger partial charge in [0.25, 0.3) is 0 Å². The molecule has 0 amide bonds. The Kier molecular flexibility index (Phi) is 2.48. The van der Waals surface area contributed by atoms with Crippen LogP contribution in [0.3, 0.4) is 0 Å². The van der Waals surface area contributed by atoms with E-state index >= 15 is 0 Å². The molecule has 1 aromatic heterocycles. The first-order chi connectivity index (χ1) is 6.72. The molecule has 0 aliphatic heterocycles. The van der Waals surface area contributed by atoms with Crippen LogP contribution in [0, 0.1) is 0 Å². The first-order valence-electron chi connectivity index (χ1n) is 5.45. The van der Waals surface area contributed by atoms with Crippen molar-refractivity contribution in [2.45, 2.75) is 38.5 Å². The minimum absolute atomic E-state index is 0.136. The van der Waals surface area contributed by atoms with Crippen molar-refractivity contribution in [1.29, 1.82) is 0 Å². The molecule has 0 radical (unpaired) electrons. The fourth-order valence-electron chi connectivity index (χ4n) is 2.41. The van der Waals surface area contributed by atoms with Crippen molar-refractivity contribution in [2.75, 3.05) is 0 Å². The quantitative estimate of drug-likeness (QED) is 0.613. The topological polar surface area (TPSA) is 26.9 Å². The molecule has 0 spiro atoms. The molecular weight excluding hydrogens is 176 g/mol. The van der Waals surface area contributed by atoms with Gasteiger partial charge in [-0.1, -0.05) is 12.8 Å². The van der Waals surface area contributed by atoms with Gasteiger partial charge in [-0.05, 0) is 25.7 Å². The summed E-state index contributed by atoms with van der Waals surface area (Å²) >= 11 is 0. The summed E-state index contributed by atoms with van der Waals surface area (Å²) in [6.07, 6.45) is 7.21. The lowest BCUT2D eigenvalue weighted by atomic mass is 10.0. The molecule has 1 aliphatic carbocycles. The van der Waals surface area contributed by atoms with Gasteiger partial charge in [0, 0.05) is 25.5 Å². The van der Waals surface area contributed by atoms with Crippen LogP contribution >= 0.6 is 0 Å². The summed E-state index contributed by atoms with van der Waals surface area (Å²) in [4.78, 5) is 11.7. The lowest BCUT2D eigenvalue weighted by Gasteiger charge is -2.11. The predicted octanol–water partition coefficient (Wildman–Crippen LogP) is 1.38. The molecule has 3 nitrogen and oxygen atoms in total. The Morgan fingerprint density at radius 3 is 1.71 bits per heavy atom. The first kappa shape index (κ1) is 9.56. The van der Waals surface area contributed by atoms with E-state index in [1.807, 2.05) is 23.2 Å². The molecule has 0 unspecified atom stereocenters. The second-order valence-electron chi connectivity index (χ2n) is 4.21. The summed E-state index contributed by atoms with van der Waals surface area (Å²) in [7, 11) is 3.78. The van der Waals surface area contributed by atoms with Crippen LogP contribution in [-0.4, -0.2) is 9.13 Å². The Labute approximate surface area is 84.4 Å². The highest BCUT2D eigenvalue weighted by molar-refractivity contribution is 5.16. The van der Waals surface area contributed by atoms with E-state index in [4.69, 9.17) is 0 Å². The number of hydrogen-bond acceptors (Lipinski definition) is 1. The Balaban J connectivity index is 2.50. The van der Waals surface area contributed by atoms with Crippen LogP contribution in [0.15, 0.2) is 4.79 Å². The molecule has 1 aromatic rings. The van der Waals surface area contributed by atoms with Crippen LogP contribution in [0.2, 0.25) is 0 Å². The maximum absolute atomic E-state index is 11.7. The van der Waals surface area contributed by atoms with Crippen LogP contribution in [0.1, 0.15) is 37.1 Å². The van der Waals surface area contributed by atoms with Gasteiger partial charge in [-0.2, -0.15) is 0 Å². The number of rotatable bonds is 0. The molecule has 0 saturated carbocycles. The third-order valence-corrected chi connectivity index (χ3v) is 3.29. The van der Waals surface area contributed by atoms with Crippen molar-refractivity contribution >= 4 is 0 Å². The molecule has 2 rings (SSSR count). The number of nitrogens with zero attached hydrogens (tertiary/aromatic N) is 2. The van der Waals surface area contributed by atoms with E-state index in [9.17, 15) is 4.79 Å². The zero-order chi connectivity index (χ0) is 10.1. The van der Waals surface area contributed by atoms with Gasteiger partial charge in [0.15, 0.2) is 0 Å². The average molecular weight is 194 g/mol.